The molecule has 3 aliphatic rings. The summed E-state index contributed by atoms with van der Waals surface area (Å²) in [4.78, 5) is 17.6. The van der Waals surface area contributed by atoms with E-state index in [1.165, 1.54) is 44.2 Å². The molecule has 0 radical (unpaired) electrons. The topological polar surface area (TPSA) is 35.6 Å². The zero-order chi connectivity index (χ0) is 19.3. The van der Waals surface area contributed by atoms with Gasteiger partial charge in [0.05, 0.1) is 6.04 Å². The lowest BCUT2D eigenvalue weighted by Gasteiger charge is -2.39. The second-order valence-electron chi connectivity index (χ2n) is 9.30. The van der Waals surface area contributed by atoms with Crippen LogP contribution in [-0.2, 0) is 11.2 Å². The quantitative estimate of drug-likeness (QED) is 0.669. The molecule has 1 saturated carbocycles. The van der Waals surface area contributed by atoms with Crippen LogP contribution in [0.4, 0.5) is 0 Å². The Morgan fingerprint density at radius 3 is 2.17 bits per heavy atom. The third-order valence-electron chi connectivity index (χ3n) is 7.12. The number of nitrogens with one attached hydrogen (secondary N) is 1. The number of amides is 1. The fourth-order valence-corrected chi connectivity index (χ4v) is 4.87. The van der Waals surface area contributed by atoms with Crippen LogP contribution in [0.3, 0.4) is 0 Å². The first kappa shape index (κ1) is 25.5. The molecule has 1 aromatic rings. The van der Waals surface area contributed by atoms with Gasteiger partial charge in [0, 0.05) is 19.1 Å². The lowest BCUT2D eigenvalue weighted by atomic mass is 9.89. The second kappa shape index (κ2) is 12.3. The Hall–Kier alpha value is -0.810. The van der Waals surface area contributed by atoms with Gasteiger partial charge in [0.15, 0.2) is 0 Å². The first-order valence-electron chi connectivity index (χ1n) is 11.5. The molecule has 2 aliphatic heterocycles. The highest BCUT2D eigenvalue weighted by Gasteiger charge is 2.31. The van der Waals surface area contributed by atoms with Crippen molar-refractivity contribution in [2.45, 2.75) is 64.0 Å². The monoisotopic (exact) mass is 455 g/mol. The van der Waals surface area contributed by atoms with Crippen molar-refractivity contribution in [3.8, 4) is 0 Å². The Morgan fingerprint density at radius 2 is 1.57 bits per heavy atom. The number of carbonyl (C=O) groups is 1. The van der Waals surface area contributed by atoms with Crippen LogP contribution in [0.15, 0.2) is 30.3 Å². The standard InChI is InChI=1S/C24H37N3O.2ClH/c1-19(24(28)27-15-11-23(12-16-27)25-18-22-7-8-22)26-13-9-21(10-14-26)17-20-5-3-2-4-6-20;;/h2-6,19,21-23,25H,7-18H2,1H3;2*1H. The minimum atomic E-state index is 0. The summed E-state index contributed by atoms with van der Waals surface area (Å²) < 4.78 is 0. The van der Waals surface area contributed by atoms with Gasteiger partial charge in [-0.2, -0.15) is 0 Å². The predicted octanol–water partition coefficient (Wildman–Crippen LogP) is 4.16. The Morgan fingerprint density at radius 1 is 0.933 bits per heavy atom. The van der Waals surface area contributed by atoms with Crippen LogP contribution < -0.4 is 5.32 Å². The number of benzene rings is 1. The van der Waals surface area contributed by atoms with Crippen LogP contribution in [0, 0.1) is 11.8 Å². The van der Waals surface area contributed by atoms with Crippen molar-refractivity contribution in [3.63, 3.8) is 0 Å². The molecular weight excluding hydrogens is 417 g/mol. The first-order valence-corrected chi connectivity index (χ1v) is 11.5. The third kappa shape index (κ3) is 7.12. The summed E-state index contributed by atoms with van der Waals surface area (Å²) in [5.74, 6) is 2.04. The fourth-order valence-electron chi connectivity index (χ4n) is 4.87. The highest BCUT2D eigenvalue weighted by molar-refractivity contribution is 5.85. The maximum absolute atomic E-state index is 13.0. The van der Waals surface area contributed by atoms with Gasteiger partial charge in [-0.05, 0) is 88.9 Å². The van der Waals surface area contributed by atoms with Crippen LogP contribution in [-0.4, -0.2) is 60.5 Å². The van der Waals surface area contributed by atoms with Crippen molar-refractivity contribution in [1.82, 2.24) is 15.1 Å². The summed E-state index contributed by atoms with van der Waals surface area (Å²) in [6.07, 6.45) is 8.64. The number of likely N-dealkylation sites (tertiary alicyclic amines) is 2. The molecule has 1 unspecified atom stereocenters. The van der Waals surface area contributed by atoms with Gasteiger partial charge in [-0.25, -0.2) is 0 Å². The third-order valence-corrected chi connectivity index (χ3v) is 7.12. The highest BCUT2D eigenvalue weighted by atomic mass is 35.5. The summed E-state index contributed by atoms with van der Waals surface area (Å²) in [6.45, 7) is 7.28. The van der Waals surface area contributed by atoms with E-state index in [0.717, 1.165) is 50.9 Å². The van der Waals surface area contributed by atoms with E-state index >= 15 is 0 Å². The molecule has 4 nitrogen and oxygen atoms in total. The zero-order valence-electron chi connectivity index (χ0n) is 18.3. The number of nitrogens with zero attached hydrogens (tertiary/aromatic N) is 2. The van der Waals surface area contributed by atoms with E-state index in [9.17, 15) is 4.79 Å². The van der Waals surface area contributed by atoms with Gasteiger partial charge < -0.3 is 10.2 Å². The maximum Gasteiger partial charge on any atom is 0.239 e. The Kier molecular flexibility index (Phi) is 10.4. The van der Waals surface area contributed by atoms with Gasteiger partial charge in [-0.3, -0.25) is 9.69 Å². The molecule has 0 bridgehead atoms. The summed E-state index contributed by atoms with van der Waals surface area (Å²) in [7, 11) is 0. The van der Waals surface area contributed by atoms with E-state index in [0.29, 0.717) is 11.9 Å². The average molecular weight is 457 g/mol. The van der Waals surface area contributed by atoms with Crippen LogP contribution in [0.5, 0.6) is 0 Å². The van der Waals surface area contributed by atoms with Gasteiger partial charge in [0.2, 0.25) is 5.91 Å². The van der Waals surface area contributed by atoms with E-state index in [1.807, 2.05) is 0 Å². The molecular formula is C24H39Cl2N3O. The fraction of sp³-hybridized carbons (Fsp3) is 0.708. The Bertz CT molecular complexity index is 625. The molecule has 170 valence electrons. The molecule has 3 fully saturated rings. The van der Waals surface area contributed by atoms with E-state index in [4.69, 9.17) is 0 Å². The van der Waals surface area contributed by atoms with Crippen molar-refractivity contribution >= 4 is 30.7 Å². The molecule has 1 amide bonds. The molecule has 1 aromatic carbocycles. The highest BCUT2D eigenvalue weighted by Crippen LogP contribution is 2.28. The summed E-state index contributed by atoms with van der Waals surface area (Å²) >= 11 is 0. The van der Waals surface area contributed by atoms with Gasteiger partial charge in [0.1, 0.15) is 0 Å². The minimum Gasteiger partial charge on any atom is -0.341 e. The van der Waals surface area contributed by atoms with Gasteiger partial charge in [-0.15, -0.1) is 24.8 Å². The smallest absolute Gasteiger partial charge is 0.239 e. The van der Waals surface area contributed by atoms with E-state index in [1.54, 1.807) is 0 Å². The molecule has 30 heavy (non-hydrogen) atoms. The van der Waals surface area contributed by atoms with Gasteiger partial charge >= 0.3 is 0 Å². The maximum atomic E-state index is 13.0. The molecule has 1 N–H and O–H groups in total. The molecule has 1 atom stereocenters. The summed E-state index contributed by atoms with van der Waals surface area (Å²) in [6, 6.07) is 11.5. The average Bonchev–Trinajstić information content (AvgIpc) is 3.57. The molecule has 2 heterocycles. The first-order chi connectivity index (χ1) is 13.7. The van der Waals surface area contributed by atoms with Gasteiger partial charge in [-0.1, -0.05) is 30.3 Å². The van der Waals surface area contributed by atoms with Crippen molar-refractivity contribution in [2.75, 3.05) is 32.7 Å². The number of carbonyl (C=O) groups excluding carboxylic acids is 1. The summed E-state index contributed by atoms with van der Waals surface area (Å²) in [5.41, 5.74) is 1.45. The normalized spacial score (nSPS) is 22.1. The van der Waals surface area contributed by atoms with Crippen molar-refractivity contribution in [2.24, 2.45) is 11.8 Å². The van der Waals surface area contributed by atoms with Crippen LogP contribution in [0.2, 0.25) is 0 Å². The number of hydrogen-bond acceptors (Lipinski definition) is 3. The van der Waals surface area contributed by atoms with Crippen molar-refractivity contribution < 1.29 is 4.79 Å². The minimum absolute atomic E-state index is 0. The Labute approximate surface area is 195 Å². The van der Waals surface area contributed by atoms with E-state index < -0.39 is 0 Å². The lowest BCUT2D eigenvalue weighted by molar-refractivity contribution is -0.138. The van der Waals surface area contributed by atoms with Crippen molar-refractivity contribution in [1.29, 1.82) is 0 Å². The second-order valence-corrected chi connectivity index (χ2v) is 9.30. The molecule has 1 aliphatic carbocycles. The molecule has 6 heteroatoms. The van der Waals surface area contributed by atoms with Crippen LogP contribution in [0.1, 0.15) is 51.0 Å². The molecule has 4 rings (SSSR count). The number of hydrogen-bond donors (Lipinski definition) is 1. The molecule has 0 spiro atoms. The summed E-state index contributed by atoms with van der Waals surface area (Å²) in [5, 5.41) is 3.71. The van der Waals surface area contributed by atoms with E-state index in [2.05, 4.69) is 52.4 Å². The van der Waals surface area contributed by atoms with E-state index in [-0.39, 0.29) is 30.9 Å². The number of halogens is 2. The lowest BCUT2D eigenvalue weighted by Crippen LogP contribution is -2.53. The van der Waals surface area contributed by atoms with Crippen LogP contribution in [0.25, 0.3) is 0 Å². The number of piperidine rings is 2. The predicted molar refractivity (Wildman–Crippen MR) is 129 cm³/mol. The SMILES string of the molecule is CC(C(=O)N1CCC(NCC2CC2)CC1)N1CCC(Cc2ccccc2)CC1.Cl.Cl. The Balaban J connectivity index is 0.00000160. The molecule has 0 aromatic heterocycles. The van der Waals surface area contributed by atoms with Gasteiger partial charge in [0.25, 0.3) is 0 Å². The largest absolute Gasteiger partial charge is 0.341 e. The molecule has 2 saturated heterocycles. The van der Waals surface area contributed by atoms with Crippen LogP contribution >= 0.6 is 24.8 Å². The zero-order valence-corrected chi connectivity index (χ0v) is 19.9. The number of rotatable bonds is 7. The van der Waals surface area contributed by atoms with Crippen molar-refractivity contribution in [3.05, 3.63) is 35.9 Å².